The number of nitro groups is 1. The number of carbonyl (C=O) groups excluding carboxylic acids is 1. The molecule has 0 radical (unpaired) electrons. The number of thiophene rings is 1. The number of hydrogen-bond donors (Lipinski definition) is 1. The highest BCUT2D eigenvalue weighted by Crippen LogP contribution is 2.37. The fourth-order valence-electron chi connectivity index (χ4n) is 2.42. The van der Waals surface area contributed by atoms with Crippen LogP contribution < -0.4 is 5.32 Å². The molecule has 1 aromatic rings. The number of rotatable bonds is 3. The van der Waals surface area contributed by atoms with Gasteiger partial charge < -0.3 is 5.32 Å². The van der Waals surface area contributed by atoms with E-state index >= 15 is 0 Å². The average Bonchev–Trinajstić information content (AvgIpc) is 2.88. The molecule has 116 valence electrons. The molecule has 0 aromatic carbocycles. The summed E-state index contributed by atoms with van der Waals surface area (Å²) in [7, 11) is 0. The summed E-state index contributed by atoms with van der Waals surface area (Å²) in [6, 6.07) is 1.97. The van der Waals surface area contributed by atoms with Crippen molar-refractivity contribution in [3.05, 3.63) is 27.1 Å². The van der Waals surface area contributed by atoms with Crippen LogP contribution >= 0.6 is 11.3 Å². The molecule has 1 saturated carbocycles. The molecule has 1 aliphatic rings. The van der Waals surface area contributed by atoms with Gasteiger partial charge in [0.1, 0.15) is 0 Å². The summed E-state index contributed by atoms with van der Waals surface area (Å²) in [5.41, 5.74) is 0. The Labute approximate surface area is 122 Å². The zero-order valence-electron chi connectivity index (χ0n) is 10.9. The molecule has 1 heterocycles. The van der Waals surface area contributed by atoms with Gasteiger partial charge in [-0.2, -0.15) is 13.2 Å². The van der Waals surface area contributed by atoms with Crippen LogP contribution in [0.1, 0.15) is 35.4 Å². The molecule has 0 saturated heterocycles. The maximum Gasteiger partial charge on any atom is 0.391 e. The smallest absolute Gasteiger partial charge is 0.349 e. The SMILES string of the molecule is O=C(NC1CCCC(C(F)(F)F)C1)c1ccc([N+](=O)[O-])s1. The summed E-state index contributed by atoms with van der Waals surface area (Å²) >= 11 is 0.711. The van der Waals surface area contributed by atoms with Crippen LogP contribution in [-0.2, 0) is 0 Å². The number of halogens is 3. The predicted octanol–water partition coefficient (Wildman–Crippen LogP) is 3.51. The fourth-order valence-corrected chi connectivity index (χ4v) is 3.15. The van der Waals surface area contributed by atoms with Crippen molar-refractivity contribution in [3.8, 4) is 0 Å². The molecule has 1 aromatic heterocycles. The van der Waals surface area contributed by atoms with Crippen LogP contribution in [0.3, 0.4) is 0 Å². The number of nitrogens with one attached hydrogen (secondary N) is 1. The lowest BCUT2D eigenvalue weighted by molar-refractivity contribution is -0.380. The van der Waals surface area contributed by atoms with Crippen molar-refractivity contribution >= 4 is 22.2 Å². The van der Waals surface area contributed by atoms with Crippen LogP contribution in [0.5, 0.6) is 0 Å². The number of alkyl halides is 3. The molecular weight excluding hydrogens is 309 g/mol. The Balaban J connectivity index is 1.97. The average molecular weight is 322 g/mol. The third kappa shape index (κ3) is 3.93. The van der Waals surface area contributed by atoms with Gasteiger partial charge in [-0.1, -0.05) is 17.8 Å². The van der Waals surface area contributed by atoms with Gasteiger partial charge >= 0.3 is 11.2 Å². The highest BCUT2D eigenvalue weighted by molar-refractivity contribution is 7.17. The number of nitrogens with zero attached hydrogens (tertiary/aromatic N) is 1. The molecule has 1 fully saturated rings. The molecule has 1 amide bonds. The first kappa shape index (κ1) is 15.7. The first-order valence-electron chi connectivity index (χ1n) is 6.39. The minimum atomic E-state index is -4.24. The van der Waals surface area contributed by atoms with E-state index in [-0.39, 0.29) is 22.7 Å². The maximum absolute atomic E-state index is 12.7. The molecule has 2 atom stereocenters. The largest absolute Gasteiger partial charge is 0.391 e. The van der Waals surface area contributed by atoms with E-state index < -0.39 is 29.0 Å². The standard InChI is InChI=1S/C12H13F3N2O3S/c13-12(14,15)7-2-1-3-8(6-7)16-11(18)9-4-5-10(21-9)17(19)20/h4-5,7-8H,1-3,6H2,(H,16,18). The van der Waals surface area contributed by atoms with Gasteiger partial charge in [-0.3, -0.25) is 14.9 Å². The second-order valence-electron chi connectivity index (χ2n) is 4.97. The molecule has 21 heavy (non-hydrogen) atoms. The normalized spacial score (nSPS) is 22.8. The number of amides is 1. The van der Waals surface area contributed by atoms with E-state index in [9.17, 15) is 28.1 Å². The van der Waals surface area contributed by atoms with Gasteiger partial charge in [0.2, 0.25) is 0 Å². The second kappa shape index (κ2) is 6.00. The van der Waals surface area contributed by atoms with Crippen molar-refractivity contribution in [1.82, 2.24) is 5.32 Å². The van der Waals surface area contributed by atoms with E-state index in [2.05, 4.69) is 5.32 Å². The van der Waals surface area contributed by atoms with Crippen molar-refractivity contribution in [1.29, 1.82) is 0 Å². The summed E-state index contributed by atoms with van der Waals surface area (Å²) in [5.74, 6) is -1.95. The van der Waals surface area contributed by atoms with Crippen LogP contribution in [0.15, 0.2) is 12.1 Å². The zero-order valence-corrected chi connectivity index (χ0v) is 11.7. The molecule has 2 rings (SSSR count). The van der Waals surface area contributed by atoms with Gasteiger partial charge in [-0.25, -0.2) is 0 Å². The van der Waals surface area contributed by atoms with Crippen LogP contribution in [0.4, 0.5) is 18.2 Å². The highest BCUT2D eigenvalue weighted by Gasteiger charge is 2.42. The van der Waals surface area contributed by atoms with Crippen molar-refractivity contribution in [2.45, 2.75) is 37.9 Å². The van der Waals surface area contributed by atoms with Crippen LogP contribution in [0.25, 0.3) is 0 Å². The van der Waals surface area contributed by atoms with Gasteiger partial charge in [0, 0.05) is 12.1 Å². The van der Waals surface area contributed by atoms with Gasteiger partial charge in [0.25, 0.3) is 5.91 Å². The predicted molar refractivity (Wildman–Crippen MR) is 70.2 cm³/mol. The van der Waals surface area contributed by atoms with E-state index in [1.54, 1.807) is 0 Å². The fraction of sp³-hybridized carbons (Fsp3) is 0.583. The third-order valence-electron chi connectivity index (χ3n) is 3.47. The lowest BCUT2D eigenvalue weighted by Gasteiger charge is -2.30. The molecule has 0 bridgehead atoms. The van der Waals surface area contributed by atoms with Crippen LogP contribution in [0.2, 0.25) is 0 Å². The van der Waals surface area contributed by atoms with Crippen molar-refractivity contribution < 1.29 is 22.9 Å². The first-order chi connectivity index (χ1) is 9.77. The topological polar surface area (TPSA) is 72.2 Å². The molecule has 0 aliphatic heterocycles. The molecule has 1 N–H and O–H groups in total. The van der Waals surface area contributed by atoms with Crippen LogP contribution in [-0.4, -0.2) is 23.0 Å². The third-order valence-corrected chi connectivity index (χ3v) is 4.50. The van der Waals surface area contributed by atoms with E-state index in [0.29, 0.717) is 24.2 Å². The Morgan fingerprint density at radius 1 is 1.38 bits per heavy atom. The Morgan fingerprint density at radius 2 is 2.10 bits per heavy atom. The van der Waals surface area contributed by atoms with Gasteiger partial charge in [0.05, 0.1) is 15.7 Å². The van der Waals surface area contributed by atoms with Crippen molar-refractivity contribution in [3.63, 3.8) is 0 Å². The van der Waals surface area contributed by atoms with Crippen LogP contribution in [0, 0.1) is 16.0 Å². The summed E-state index contributed by atoms with van der Waals surface area (Å²) in [6.07, 6.45) is -3.40. The minimum absolute atomic E-state index is 0.0837. The Kier molecular flexibility index (Phi) is 4.50. The minimum Gasteiger partial charge on any atom is -0.349 e. The lowest BCUT2D eigenvalue weighted by Crippen LogP contribution is -2.41. The van der Waals surface area contributed by atoms with Crippen molar-refractivity contribution in [2.75, 3.05) is 0 Å². The lowest BCUT2D eigenvalue weighted by atomic mass is 9.85. The molecule has 9 heteroatoms. The van der Waals surface area contributed by atoms with Gasteiger partial charge in [-0.15, -0.1) is 0 Å². The Morgan fingerprint density at radius 3 is 2.67 bits per heavy atom. The quantitative estimate of drug-likeness (QED) is 0.684. The summed E-state index contributed by atoms with van der Waals surface area (Å²) in [5, 5.41) is 12.9. The van der Waals surface area contributed by atoms with E-state index in [1.165, 1.54) is 12.1 Å². The van der Waals surface area contributed by atoms with E-state index in [4.69, 9.17) is 0 Å². The van der Waals surface area contributed by atoms with Crippen molar-refractivity contribution in [2.24, 2.45) is 5.92 Å². The zero-order chi connectivity index (χ0) is 15.6. The summed E-state index contributed by atoms with van der Waals surface area (Å²) < 4.78 is 38.0. The highest BCUT2D eigenvalue weighted by atomic mass is 32.1. The molecule has 5 nitrogen and oxygen atoms in total. The Bertz CT molecular complexity index is 544. The first-order valence-corrected chi connectivity index (χ1v) is 7.21. The monoisotopic (exact) mass is 322 g/mol. The number of carbonyl (C=O) groups is 1. The summed E-state index contributed by atoms with van der Waals surface area (Å²) in [4.78, 5) is 22.0. The van der Waals surface area contributed by atoms with Gasteiger partial charge in [0.15, 0.2) is 0 Å². The molecule has 1 aliphatic carbocycles. The molecular formula is C12H13F3N2O3S. The van der Waals surface area contributed by atoms with Gasteiger partial charge in [-0.05, 0) is 25.3 Å². The molecule has 0 spiro atoms. The second-order valence-corrected chi connectivity index (χ2v) is 6.03. The Hall–Kier alpha value is -1.64. The van der Waals surface area contributed by atoms with E-state index in [0.717, 1.165) is 0 Å². The molecule has 2 unspecified atom stereocenters. The van der Waals surface area contributed by atoms with E-state index in [1.807, 2.05) is 0 Å². The number of hydrogen-bond acceptors (Lipinski definition) is 4. The summed E-state index contributed by atoms with van der Waals surface area (Å²) in [6.45, 7) is 0. The maximum atomic E-state index is 12.7.